The van der Waals surface area contributed by atoms with E-state index in [2.05, 4.69) is 44.4 Å². The molecule has 0 aromatic heterocycles. The van der Waals surface area contributed by atoms with Gasteiger partial charge in [-0.15, -0.1) is 0 Å². The average molecular weight is 511 g/mol. The van der Waals surface area contributed by atoms with Crippen LogP contribution in [0.4, 0.5) is 0 Å². The molecular formula is C32H46O5. The van der Waals surface area contributed by atoms with Crippen molar-refractivity contribution in [1.29, 1.82) is 0 Å². The molecule has 0 amide bonds. The lowest BCUT2D eigenvalue weighted by Crippen LogP contribution is -2.36. The highest BCUT2D eigenvalue weighted by Gasteiger charge is 2.50. The molecule has 4 unspecified atom stereocenters. The molecule has 0 bridgehead atoms. The van der Waals surface area contributed by atoms with E-state index in [0.717, 1.165) is 50.5 Å². The van der Waals surface area contributed by atoms with Crippen LogP contribution in [0.1, 0.15) is 97.3 Å². The molecule has 0 saturated heterocycles. The molecule has 4 fully saturated rings. The third kappa shape index (κ3) is 6.41. The Morgan fingerprint density at radius 3 is 2.65 bits per heavy atom. The topological polar surface area (TPSA) is 87.0 Å². The maximum absolute atomic E-state index is 10.8. The van der Waals surface area contributed by atoms with Gasteiger partial charge in [0.25, 0.3) is 0 Å². The van der Waals surface area contributed by atoms with Crippen LogP contribution in [0.15, 0.2) is 35.5 Å². The zero-order valence-corrected chi connectivity index (χ0v) is 22.8. The Hall–Kier alpha value is -1.87. The molecule has 0 aromatic carbocycles. The van der Waals surface area contributed by atoms with Crippen molar-refractivity contribution < 1.29 is 24.9 Å². The molecule has 0 aliphatic heterocycles. The highest BCUT2D eigenvalue weighted by Crippen LogP contribution is 2.59. The van der Waals surface area contributed by atoms with Crippen molar-refractivity contribution in [1.82, 2.24) is 0 Å². The van der Waals surface area contributed by atoms with Gasteiger partial charge in [0.15, 0.2) is 0 Å². The van der Waals surface area contributed by atoms with Gasteiger partial charge >= 0.3 is 5.97 Å². The van der Waals surface area contributed by atoms with E-state index in [0.29, 0.717) is 35.2 Å². The van der Waals surface area contributed by atoms with Crippen molar-refractivity contribution in [2.75, 3.05) is 6.61 Å². The minimum absolute atomic E-state index is 0.0565. The Bertz CT molecular complexity index is 975. The summed E-state index contributed by atoms with van der Waals surface area (Å²) in [5.74, 6) is 7.45. The van der Waals surface area contributed by atoms with Crippen molar-refractivity contribution in [3.8, 4) is 11.8 Å². The first-order valence-electron chi connectivity index (χ1n) is 14.5. The number of ether oxygens (including phenoxy) is 1. The summed E-state index contributed by atoms with van der Waals surface area (Å²) < 4.78 is 5.63. The molecule has 37 heavy (non-hydrogen) atoms. The van der Waals surface area contributed by atoms with Gasteiger partial charge in [0.05, 0.1) is 19.1 Å². The summed E-state index contributed by atoms with van der Waals surface area (Å²) in [5, 5.41) is 30.1. The van der Waals surface area contributed by atoms with E-state index >= 15 is 0 Å². The van der Waals surface area contributed by atoms with E-state index in [-0.39, 0.29) is 19.1 Å². The number of fused-ring (bicyclic) bond motifs is 1. The second kappa shape index (κ2) is 11.9. The number of carboxylic acid groups (broad SMARTS) is 1. The fourth-order valence-electron chi connectivity index (χ4n) is 7.72. The molecule has 4 aliphatic carbocycles. The Balaban J connectivity index is 1.38. The number of rotatable bonds is 7. The largest absolute Gasteiger partial charge is 0.481 e. The molecule has 0 aromatic rings. The number of aliphatic hydroxyl groups is 2. The highest BCUT2D eigenvalue weighted by atomic mass is 16.5. The van der Waals surface area contributed by atoms with Crippen LogP contribution in [0.3, 0.4) is 0 Å². The summed E-state index contributed by atoms with van der Waals surface area (Å²) in [5.41, 5.74) is 2.86. The number of carboxylic acids is 1. The minimum atomic E-state index is -0.894. The molecule has 204 valence electrons. The van der Waals surface area contributed by atoms with Crippen molar-refractivity contribution in [2.45, 2.75) is 115 Å². The molecule has 4 aliphatic rings. The lowest BCUT2D eigenvalue weighted by atomic mass is 9.61. The summed E-state index contributed by atoms with van der Waals surface area (Å²) in [6.07, 6.45) is 15.5. The lowest BCUT2D eigenvalue weighted by Gasteiger charge is -2.44. The van der Waals surface area contributed by atoms with Crippen molar-refractivity contribution >= 4 is 5.97 Å². The number of allylic oxidation sites excluding steroid dienone is 3. The van der Waals surface area contributed by atoms with Gasteiger partial charge in [-0.05, 0) is 105 Å². The normalized spacial score (nSPS) is 36.3. The Kier molecular flexibility index (Phi) is 9.04. The zero-order valence-electron chi connectivity index (χ0n) is 22.8. The number of aliphatic hydroxyl groups excluding tert-OH is 1. The third-order valence-electron chi connectivity index (χ3n) is 9.87. The van der Waals surface area contributed by atoms with Crippen LogP contribution >= 0.6 is 0 Å². The fourth-order valence-corrected chi connectivity index (χ4v) is 7.72. The zero-order chi connectivity index (χ0) is 26.6. The van der Waals surface area contributed by atoms with E-state index in [1.54, 1.807) is 0 Å². The standard InChI is InChI=1S/C32H46O5/c1-22(8-6-20-32(36)18-4-5-19-32)26-13-14-27-25(9-7-17-31(26,27)3)11-10-24-12-15-28(30(35)23(24)2)37-21-16-29(33)34/h10-11,22,26-28,30,35-36H,2,4-5,7-9,12-19,21H2,1,3H3,(H,33,34)/b24-10-,25-11+/t22-,26?,27?,28?,30?,31-/m1/s1. The minimum Gasteiger partial charge on any atom is -0.481 e. The smallest absolute Gasteiger partial charge is 0.305 e. The molecular weight excluding hydrogens is 464 g/mol. The van der Waals surface area contributed by atoms with E-state index in [4.69, 9.17) is 9.84 Å². The van der Waals surface area contributed by atoms with Crippen molar-refractivity contribution in [3.05, 3.63) is 35.5 Å². The molecule has 3 N–H and O–H groups in total. The van der Waals surface area contributed by atoms with Crippen LogP contribution in [0, 0.1) is 35.0 Å². The van der Waals surface area contributed by atoms with Gasteiger partial charge in [0.2, 0.25) is 0 Å². The molecule has 4 saturated carbocycles. The first kappa shape index (κ1) is 28.1. The monoisotopic (exact) mass is 510 g/mol. The number of hydrogen-bond acceptors (Lipinski definition) is 4. The van der Waals surface area contributed by atoms with Crippen LogP contribution in [0.5, 0.6) is 0 Å². The van der Waals surface area contributed by atoms with Gasteiger partial charge in [0, 0.05) is 6.42 Å². The highest BCUT2D eigenvalue weighted by molar-refractivity contribution is 5.66. The summed E-state index contributed by atoms with van der Waals surface area (Å²) in [6.45, 7) is 9.09. The van der Waals surface area contributed by atoms with Crippen molar-refractivity contribution in [3.63, 3.8) is 0 Å². The van der Waals surface area contributed by atoms with Gasteiger partial charge in [-0.2, -0.15) is 0 Å². The molecule has 0 spiro atoms. The van der Waals surface area contributed by atoms with E-state index in [1.807, 2.05) is 0 Å². The van der Waals surface area contributed by atoms with Crippen LogP contribution in [0.25, 0.3) is 0 Å². The van der Waals surface area contributed by atoms with Gasteiger partial charge in [-0.25, -0.2) is 0 Å². The van der Waals surface area contributed by atoms with Crippen molar-refractivity contribution in [2.24, 2.45) is 23.2 Å². The number of aliphatic carboxylic acids is 1. The second-order valence-electron chi connectivity index (χ2n) is 12.3. The van der Waals surface area contributed by atoms with Gasteiger partial charge in [-0.3, -0.25) is 4.79 Å². The lowest BCUT2D eigenvalue weighted by molar-refractivity contribution is -0.139. The van der Waals surface area contributed by atoms with Crippen LogP contribution in [-0.4, -0.2) is 45.7 Å². The predicted octanol–water partition coefficient (Wildman–Crippen LogP) is 5.96. The Morgan fingerprint density at radius 1 is 1.16 bits per heavy atom. The van der Waals surface area contributed by atoms with E-state index in [9.17, 15) is 15.0 Å². The quantitative estimate of drug-likeness (QED) is 0.368. The van der Waals surface area contributed by atoms with Gasteiger partial charge in [0.1, 0.15) is 11.7 Å². The summed E-state index contributed by atoms with van der Waals surface area (Å²) >= 11 is 0. The maximum Gasteiger partial charge on any atom is 0.305 e. The molecule has 6 atom stereocenters. The van der Waals surface area contributed by atoms with Gasteiger partial charge < -0.3 is 20.1 Å². The first-order chi connectivity index (χ1) is 17.6. The number of carbonyl (C=O) groups is 1. The van der Waals surface area contributed by atoms with Crippen LogP contribution < -0.4 is 0 Å². The Morgan fingerprint density at radius 2 is 1.92 bits per heavy atom. The van der Waals surface area contributed by atoms with E-state index in [1.165, 1.54) is 31.3 Å². The second-order valence-corrected chi connectivity index (χ2v) is 12.3. The molecule has 4 rings (SSSR count). The van der Waals surface area contributed by atoms with Crippen LogP contribution in [-0.2, 0) is 9.53 Å². The molecule has 0 radical (unpaired) electrons. The summed E-state index contributed by atoms with van der Waals surface area (Å²) in [4.78, 5) is 10.8. The predicted molar refractivity (Wildman–Crippen MR) is 146 cm³/mol. The third-order valence-corrected chi connectivity index (χ3v) is 9.87. The molecule has 0 heterocycles. The number of hydrogen-bond donors (Lipinski definition) is 3. The molecule has 5 nitrogen and oxygen atoms in total. The van der Waals surface area contributed by atoms with E-state index < -0.39 is 17.7 Å². The average Bonchev–Trinajstić information content (AvgIpc) is 3.44. The first-order valence-corrected chi connectivity index (χ1v) is 14.5. The SMILES string of the molecule is C=C1/C(=C\C=C2/CCC[C@@]3(C)C2CCC3[C@H](C)CC#CC2(O)CCCC2)CCC(OCCC(=O)O)C1O. The Labute approximate surface area is 223 Å². The summed E-state index contributed by atoms with van der Waals surface area (Å²) in [7, 11) is 0. The van der Waals surface area contributed by atoms with Crippen LogP contribution in [0.2, 0.25) is 0 Å². The maximum atomic E-state index is 10.8. The molecule has 5 heteroatoms. The summed E-state index contributed by atoms with van der Waals surface area (Å²) in [6, 6.07) is 0. The fraction of sp³-hybridized carbons (Fsp3) is 0.719. The van der Waals surface area contributed by atoms with Gasteiger partial charge in [-0.1, -0.05) is 50.0 Å².